The van der Waals surface area contributed by atoms with Crippen molar-refractivity contribution in [1.82, 2.24) is 0 Å². The van der Waals surface area contributed by atoms with Crippen LogP contribution in [0.1, 0.15) is 17.2 Å². The smallest absolute Gasteiger partial charge is 0.147 e. The lowest BCUT2D eigenvalue weighted by Gasteiger charge is -2.26. The van der Waals surface area contributed by atoms with Crippen molar-refractivity contribution in [2.45, 2.75) is 12.5 Å². The number of hydrogen-bond donors (Lipinski definition) is 1. The zero-order valence-corrected chi connectivity index (χ0v) is 11.7. The Kier molecular flexibility index (Phi) is 3.90. The third kappa shape index (κ3) is 2.65. The Hall–Kier alpha value is -1.58. The van der Waals surface area contributed by atoms with Gasteiger partial charge in [0.05, 0.1) is 23.4 Å². The third-order valence-electron chi connectivity index (χ3n) is 3.52. The van der Waals surface area contributed by atoms with Crippen molar-refractivity contribution in [2.75, 3.05) is 18.5 Å². The van der Waals surface area contributed by atoms with Gasteiger partial charge in [-0.3, -0.25) is 0 Å². The molecular weight excluding hydrogens is 277 g/mol. The Bertz CT molecular complexity index is 597. The number of ether oxygens (including phenoxy) is 1. The average molecular weight is 292 g/mol. The summed E-state index contributed by atoms with van der Waals surface area (Å²) in [5.74, 6) is -0.346. The molecule has 0 amide bonds. The Labute approximate surface area is 122 Å². The highest BCUT2D eigenvalue weighted by atomic mass is 35.5. The molecule has 0 fully saturated rings. The van der Waals surface area contributed by atoms with E-state index in [1.165, 1.54) is 17.2 Å². The number of benzene rings is 2. The van der Waals surface area contributed by atoms with Crippen molar-refractivity contribution in [1.29, 1.82) is 0 Å². The molecule has 20 heavy (non-hydrogen) atoms. The van der Waals surface area contributed by atoms with Gasteiger partial charge in [-0.25, -0.2) is 4.39 Å². The largest absolute Gasteiger partial charge is 0.379 e. The molecule has 0 saturated heterocycles. The van der Waals surface area contributed by atoms with Crippen molar-refractivity contribution >= 4 is 17.3 Å². The second-order valence-corrected chi connectivity index (χ2v) is 5.19. The predicted octanol–water partition coefficient (Wildman–Crippen LogP) is 4.21. The van der Waals surface area contributed by atoms with E-state index in [9.17, 15) is 4.39 Å². The molecule has 3 rings (SSSR count). The third-order valence-corrected chi connectivity index (χ3v) is 3.83. The summed E-state index contributed by atoms with van der Waals surface area (Å²) >= 11 is 6.00. The van der Waals surface area contributed by atoms with Crippen LogP contribution in [0.5, 0.6) is 0 Å². The second kappa shape index (κ2) is 5.81. The van der Waals surface area contributed by atoms with Crippen LogP contribution in [0.25, 0.3) is 0 Å². The molecule has 2 aromatic rings. The van der Waals surface area contributed by atoms with E-state index in [1.54, 1.807) is 12.1 Å². The second-order valence-electron chi connectivity index (χ2n) is 4.79. The first kappa shape index (κ1) is 13.4. The molecule has 0 radical (unpaired) electrons. The molecule has 1 aliphatic rings. The van der Waals surface area contributed by atoms with Crippen LogP contribution in [-0.2, 0) is 11.2 Å². The summed E-state index contributed by atoms with van der Waals surface area (Å²) in [4.78, 5) is 0. The van der Waals surface area contributed by atoms with Gasteiger partial charge in [0, 0.05) is 6.54 Å². The Morgan fingerprint density at radius 2 is 2.05 bits per heavy atom. The van der Waals surface area contributed by atoms with Gasteiger partial charge in [-0.1, -0.05) is 41.9 Å². The number of hydrogen-bond acceptors (Lipinski definition) is 2. The summed E-state index contributed by atoms with van der Waals surface area (Å²) in [6.45, 7) is 1.19. The van der Waals surface area contributed by atoms with E-state index in [2.05, 4.69) is 17.4 Å². The maximum absolute atomic E-state index is 13.7. The summed E-state index contributed by atoms with van der Waals surface area (Å²) in [5.41, 5.74) is 2.80. The van der Waals surface area contributed by atoms with Crippen molar-refractivity contribution in [2.24, 2.45) is 0 Å². The first-order chi connectivity index (χ1) is 9.75. The van der Waals surface area contributed by atoms with Crippen LogP contribution in [0.15, 0.2) is 42.5 Å². The van der Waals surface area contributed by atoms with Crippen LogP contribution in [0, 0.1) is 5.82 Å². The van der Waals surface area contributed by atoms with Crippen LogP contribution in [0.2, 0.25) is 5.02 Å². The Morgan fingerprint density at radius 3 is 2.90 bits per heavy atom. The summed E-state index contributed by atoms with van der Waals surface area (Å²) in [5, 5.41) is 3.44. The molecule has 4 heteroatoms. The zero-order chi connectivity index (χ0) is 13.9. The first-order valence-electron chi connectivity index (χ1n) is 6.63. The first-order valence-corrected chi connectivity index (χ1v) is 7.01. The van der Waals surface area contributed by atoms with Crippen LogP contribution in [0.3, 0.4) is 0 Å². The molecule has 1 N–H and O–H groups in total. The zero-order valence-electron chi connectivity index (χ0n) is 10.9. The number of halogens is 2. The van der Waals surface area contributed by atoms with Crippen molar-refractivity contribution in [3.8, 4) is 0 Å². The standard InChI is InChI=1S/C16H15ClFNO/c17-13-6-3-7-14(18)16(13)19-10-15-12-5-2-1-4-11(12)8-9-20-15/h1-7,15,19H,8-10H2. The predicted molar refractivity (Wildman–Crippen MR) is 78.7 cm³/mol. The van der Waals surface area contributed by atoms with Gasteiger partial charge in [-0.2, -0.15) is 0 Å². The Balaban J connectivity index is 1.77. The summed E-state index contributed by atoms with van der Waals surface area (Å²) < 4.78 is 19.5. The molecule has 1 heterocycles. The van der Waals surface area contributed by atoms with E-state index in [0.717, 1.165) is 6.42 Å². The lowest BCUT2D eigenvalue weighted by Crippen LogP contribution is -2.23. The minimum Gasteiger partial charge on any atom is -0.379 e. The number of rotatable bonds is 3. The van der Waals surface area contributed by atoms with Gasteiger partial charge in [-0.05, 0) is 29.7 Å². The lowest BCUT2D eigenvalue weighted by molar-refractivity contribution is 0.0513. The molecule has 104 valence electrons. The molecule has 1 atom stereocenters. The summed E-state index contributed by atoms with van der Waals surface area (Å²) in [7, 11) is 0. The van der Waals surface area contributed by atoms with E-state index in [4.69, 9.17) is 16.3 Å². The summed E-state index contributed by atoms with van der Waals surface area (Å²) in [6.07, 6.45) is 0.850. The fourth-order valence-corrected chi connectivity index (χ4v) is 2.74. The van der Waals surface area contributed by atoms with Gasteiger partial charge in [-0.15, -0.1) is 0 Å². The van der Waals surface area contributed by atoms with Gasteiger partial charge < -0.3 is 10.1 Å². The fourth-order valence-electron chi connectivity index (χ4n) is 2.51. The Morgan fingerprint density at radius 1 is 1.20 bits per heavy atom. The molecule has 0 spiro atoms. The molecule has 0 bridgehead atoms. The van der Waals surface area contributed by atoms with Crippen molar-refractivity contribution in [3.05, 3.63) is 64.4 Å². The van der Waals surface area contributed by atoms with Crippen LogP contribution >= 0.6 is 11.6 Å². The molecule has 0 aliphatic carbocycles. The molecular formula is C16H15ClFNO. The molecule has 1 aliphatic heterocycles. The van der Waals surface area contributed by atoms with E-state index in [-0.39, 0.29) is 11.9 Å². The van der Waals surface area contributed by atoms with Crippen molar-refractivity contribution in [3.63, 3.8) is 0 Å². The maximum atomic E-state index is 13.7. The molecule has 0 saturated carbocycles. The van der Waals surface area contributed by atoms with E-state index in [0.29, 0.717) is 23.9 Å². The van der Waals surface area contributed by atoms with Crippen LogP contribution in [-0.4, -0.2) is 13.2 Å². The van der Waals surface area contributed by atoms with Gasteiger partial charge in [0.2, 0.25) is 0 Å². The van der Waals surface area contributed by atoms with Gasteiger partial charge in [0.15, 0.2) is 0 Å². The number of anilines is 1. The minimum atomic E-state index is -0.346. The van der Waals surface area contributed by atoms with E-state index in [1.807, 2.05) is 12.1 Å². The highest BCUT2D eigenvalue weighted by molar-refractivity contribution is 6.33. The highest BCUT2D eigenvalue weighted by Gasteiger charge is 2.20. The average Bonchev–Trinajstić information content (AvgIpc) is 2.47. The molecule has 2 nitrogen and oxygen atoms in total. The van der Waals surface area contributed by atoms with Crippen LogP contribution < -0.4 is 5.32 Å². The number of nitrogens with one attached hydrogen (secondary N) is 1. The molecule has 1 unspecified atom stereocenters. The lowest BCUT2D eigenvalue weighted by atomic mass is 9.97. The van der Waals surface area contributed by atoms with E-state index < -0.39 is 0 Å². The van der Waals surface area contributed by atoms with Gasteiger partial charge in [0.1, 0.15) is 5.82 Å². The number of fused-ring (bicyclic) bond motifs is 1. The van der Waals surface area contributed by atoms with Crippen LogP contribution in [0.4, 0.5) is 10.1 Å². The fraction of sp³-hybridized carbons (Fsp3) is 0.250. The topological polar surface area (TPSA) is 21.3 Å². The van der Waals surface area contributed by atoms with Gasteiger partial charge in [0.25, 0.3) is 0 Å². The molecule has 2 aromatic carbocycles. The SMILES string of the molecule is Fc1cccc(Cl)c1NCC1OCCc2ccccc21. The monoisotopic (exact) mass is 291 g/mol. The number of para-hydroxylation sites is 1. The van der Waals surface area contributed by atoms with Crippen molar-refractivity contribution < 1.29 is 9.13 Å². The maximum Gasteiger partial charge on any atom is 0.147 e. The summed E-state index contributed by atoms with van der Waals surface area (Å²) in [6, 6.07) is 12.9. The quantitative estimate of drug-likeness (QED) is 0.915. The van der Waals surface area contributed by atoms with E-state index >= 15 is 0 Å². The minimum absolute atomic E-state index is 0.0735. The van der Waals surface area contributed by atoms with Gasteiger partial charge >= 0.3 is 0 Å². The normalized spacial score (nSPS) is 17.6. The molecule has 0 aromatic heterocycles. The highest BCUT2D eigenvalue weighted by Crippen LogP contribution is 2.29.